The minimum absolute atomic E-state index is 0.112. The van der Waals surface area contributed by atoms with Crippen molar-refractivity contribution in [2.75, 3.05) is 39.4 Å². The summed E-state index contributed by atoms with van der Waals surface area (Å²) in [6.07, 6.45) is 2.00. The molecule has 0 saturated carbocycles. The van der Waals surface area contributed by atoms with Crippen molar-refractivity contribution in [3.63, 3.8) is 0 Å². The zero-order chi connectivity index (χ0) is 23.5. The maximum Gasteiger partial charge on any atom is 0.320 e. The first-order chi connectivity index (χ1) is 16.6. The highest BCUT2D eigenvalue weighted by Gasteiger charge is 2.34. The molecule has 178 valence electrons. The van der Waals surface area contributed by atoms with E-state index in [2.05, 4.69) is 47.5 Å². The maximum absolute atomic E-state index is 13.4. The third-order valence-corrected chi connectivity index (χ3v) is 7.29. The molecular weight excluding hydrogens is 448 g/mol. The maximum atomic E-state index is 13.4. The molecule has 3 aromatic rings. The quantitative estimate of drug-likeness (QED) is 0.552. The van der Waals surface area contributed by atoms with Gasteiger partial charge in [-0.2, -0.15) is 5.10 Å². The number of carbonyl (C=O) groups excluding carboxylic acids is 1. The number of halogens is 1. The first-order valence-corrected chi connectivity index (χ1v) is 12.5. The van der Waals surface area contributed by atoms with E-state index >= 15 is 0 Å². The molecule has 0 radical (unpaired) electrons. The summed E-state index contributed by atoms with van der Waals surface area (Å²) in [5.74, 6) is 0.458. The van der Waals surface area contributed by atoms with Crippen molar-refractivity contribution in [3.05, 3.63) is 76.4 Å². The second-order valence-electron chi connectivity index (χ2n) is 9.23. The zero-order valence-electron chi connectivity index (χ0n) is 19.5. The van der Waals surface area contributed by atoms with E-state index in [-0.39, 0.29) is 17.9 Å². The number of nitrogens with one attached hydrogen (secondary N) is 1. The summed E-state index contributed by atoms with van der Waals surface area (Å²) < 4.78 is 5.46. The summed E-state index contributed by atoms with van der Waals surface area (Å²) in [4.78, 5) is 17.4. The Kier molecular flexibility index (Phi) is 6.88. The summed E-state index contributed by atoms with van der Waals surface area (Å²) in [7, 11) is 0. The van der Waals surface area contributed by atoms with E-state index in [1.165, 1.54) is 11.1 Å². The molecule has 2 atom stereocenters. The van der Waals surface area contributed by atoms with Crippen molar-refractivity contribution in [1.82, 2.24) is 20.0 Å². The number of hydrogen-bond donors (Lipinski definition) is 1. The Morgan fingerprint density at radius 2 is 1.74 bits per heavy atom. The summed E-state index contributed by atoms with van der Waals surface area (Å²) in [5, 5.41) is 8.55. The van der Waals surface area contributed by atoms with Gasteiger partial charge in [0, 0.05) is 54.3 Å². The molecule has 2 amide bonds. The predicted molar refractivity (Wildman–Crippen MR) is 134 cm³/mol. The highest BCUT2D eigenvalue weighted by atomic mass is 35.5. The van der Waals surface area contributed by atoms with Gasteiger partial charge in [-0.1, -0.05) is 54.9 Å². The number of aromatic nitrogens is 2. The average Bonchev–Trinajstić information content (AvgIpc) is 3.39. The number of ether oxygens (including phenoxy) is 1. The summed E-state index contributed by atoms with van der Waals surface area (Å²) in [6.45, 7) is 6.11. The largest absolute Gasteiger partial charge is 0.378 e. The molecule has 2 aromatic carbocycles. The summed E-state index contributed by atoms with van der Waals surface area (Å²) in [5.41, 5.74) is 5.61. The lowest BCUT2D eigenvalue weighted by Crippen LogP contribution is -2.52. The van der Waals surface area contributed by atoms with E-state index in [1.807, 2.05) is 34.1 Å². The third-order valence-electron chi connectivity index (χ3n) is 7.04. The van der Waals surface area contributed by atoms with Crippen LogP contribution in [0, 0.1) is 0 Å². The van der Waals surface area contributed by atoms with Crippen LogP contribution in [0.25, 0.3) is 11.3 Å². The number of aryl methyl sites for hydroxylation is 1. The van der Waals surface area contributed by atoms with Gasteiger partial charge in [-0.25, -0.2) is 4.79 Å². The van der Waals surface area contributed by atoms with Crippen molar-refractivity contribution in [2.45, 2.75) is 31.6 Å². The molecule has 2 aliphatic heterocycles. The van der Waals surface area contributed by atoms with Crippen LogP contribution in [-0.2, 0) is 11.2 Å². The number of nitrogens with zero attached hydrogens (tertiary/aromatic N) is 3. The predicted octanol–water partition coefficient (Wildman–Crippen LogP) is 5.32. The third kappa shape index (κ3) is 4.98. The molecule has 2 aliphatic rings. The van der Waals surface area contributed by atoms with Gasteiger partial charge in [-0.3, -0.25) is 5.10 Å². The number of H-pyrrole nitrogens is 1. The first kappa shape index (κ1) is 22.9. The normalized spacial score (nSPS) is 21.0. The van der Waals surface area contributed by atoms with E-state index in [1.54, 1.807) is 0 Å². The number of aromatic amines is 1. The van der Waals surface area contributed by atoms with Crippen LogP contribution in [0.1, 0.15) is 42.0 Å². The Bertz CT molecular complexity index is 1110. The number of carbonyl (C=O) groups is 1. The zero-order valence-corrected chi connectivity index (χ0v) is 20.3. The van der Waals surface area contributed by atoms with Crippen LogP contribution in [0.2, 0.25) is 5.02 Å². The van der Waals surface area contributed by atoms with E-state index < -0.39 is 0 Å². The molecule has 0 bridgehead atoms. The second-order valence-corrected chi connectivity index (χ2v) is 9.66. The molecule has 3 heterocycles. The smallest absolute Gasteiger partial charge is 0.320 e. The molecule has 2 unspecified atom stereocenters. The van der Waals surface area contributed by atoms with Crippen molar-refractivity contribution in [2.24, 2.45) is 0 Å². The SMILES string of the molecule is CCc1ccc(C2CC(c3cc(-c4ccc(Cl)cc4)n[nH]3)CN(C(=O)N3CCOCC3)C2)cc1. The van der Waals surface area contributed by atoms with Gasteiger partial charge in [0.05, 0.1) is 18.9 Å². The lowest BCUT2D eigenvalue weighted by atomic mass is 9.82. The fourth-order valence-electron chi connectivity index (χ4n) is 5.02. The van der Waals surface area contributed by atoms with E-state index in [9.17, 15) is 4.79 Å². The second kappa shape index (κ2) is 10.2. The van der Waals surface area contributed by atoms with Gasteiger partial charge in [0.2, 0.25) is 0 Å². The fraction of sp³-hybridized carbons (Fsp3) is 0.407. The monoisotopic (exact) mass is 478 g/mol. The van der Waals surface area contributed by atoms with Gasteiger partial charge in [0.15, 0.2) is 0 Å². The minimum Gasteiger partial charge on any atom is -0.378 e. The minimum atomic E-state index is 0.112. The van der Waals surface area contributed by atoms with Crippen LogP contribution in [0.5, 0.6) is 0 Å². The Hall–Kier alpha value is -2.83. The molecule has 7 heteroatoms. The standard InChI is InChI=1S/C27H31ClN4O2/c1-2-19-3-5-20(6-4-19)22-15-23(18-32(17-22)27(33)31-11-13-34-14-12-31)26-16-25(29-30-26)21-7-9-24(28)10-8-21/h3-10,16,22-23H,2,11-15,17-18H2,1H3,(H,29,30). The lowest BCUT2D eigenvalue weighted by molar-refractivity contribution is 0.0398. The highest BCUT2D eigenvalue weighted by Crippen LogP contribution is 2.37. The van der Waals surface area contributed by atoms with Crippen LogP contribution in [-0.4, -0.2) is 65.4 Å². The van der Waals surface area contributed by atoms with Gasteiger partial charge in [0.1, 0.15) is 0 Å². The summed E-state index contributed by atoms with van der Waals surface area (Å²) >= 11 is 6.05. The molecule has 0 spiro atoms. The molecular formula is C27H31ClN4O2. The average molecular weight is 479 g/mol. The van der Waals surface area contributed by atoms with Crippen LogP contribution in [0.4, 0.5) is 4.79 Å². The van der Waals surface area contributed by atoms with E-state index in [4.69, 9.17) is 16.3 Å². The number of amides is 2. The number of morpholine rings is 1. The number of likely N-dealkylation sites (tertiary alicyclic amines) is 1. The molecule has 1 N–H and O–H groups in total. The van der Waals surface area contributed by atoms with Gasteiger partial charge in [-0.05, 0) is 42.2 Å². The van der Waals surface area contributed by atoms with Crippen molar-refractivity contribution < 1.29 is 9.53 Å². The number of benzene rings is 2. The molecule has 6 nitrogen and oxygen atoms in total. The number of piperidine rings is 1. The van der Waals surface area contributed by atoms with Crippen molar-refractivity contribution in [1.29, 1.82) is 0 Å². The highest BCUT2D eigenvalue weighted by molar-refractivity contribution is 6.30. The number of hydrogen-bond acceptors (Lipinski definition) is 3. The van der Waals surface area contributed by atoms with Crippen LogP contribution < -0.4 is 0 Å². The Balaban J connectivity index is 1.40. The van der Waals surface area contributed by atoms with Gasteiger partial charge in [0.25, 0.3) is 0 Å². The molecule has 34 heavy (non-hydrogen) atoms. The Labute approximate surface area is 205 Å². The van der Waals surface area contributed by atoms with E-state index in [0.717, 1.165) is 36.3 Å². The molecule has 0 aliphatic carbocycles. The molecule has 1 aromatic heterocycles. The lowest BCUT2D eigenvalue weighted by Gasteiger charge is -2.41. The van der Waals surface area contributed by atoms with Crippen molar-refractivity contribution >= 4 is 17.6 Å². The van der Waals surface area contributed by atoms with Gasteiger partial charge in [-0.15, -0.1) is 0 Å². The van der Waals surface area contributed by atoms with Crippen LogP contribution >= 0.6 is 11.6 Å². The summed E-state index contributed by atoms with van der Waals surface area (Å²) in [6, 6.07) is 18.8. The molecule has 2 fully saturated rings. The molecule has 5 rings (SSSR count). The Morgan fingerprint density at radius 1 is 1.03 bits per heavy atom. The fourth-order valence-corrected chi connectivity index (χ4v) is 5.14. The first-order valence-electron chi connectivity index (χ1n) is 12.1. The van der Waals surface area contributed by atoms with Crippen molar-refractivity contribution in [3.8, 4) is 11.3 Å². The molecule has 2 saturated heterocycles. The van der Waals surface area contributed by atoms with Crippen LogP contribution in [0.3, 0.4) is 0 Å². The van der Waals surface area contributed by atoms with Crippen LogP contribution in [0.15, 0.2) is 54.6 Å². The van der Waals surface area contributed by atoms with Gasteiger partial charge < -0.3 is 14.5 Å². The topological polar surface area (TPSA) is 61.5 Å². The number of rotatable bonds is 4. The number of urea groups is 1. The Morgan fingerprint density at radius 3 is 2.44 bits per heavy atom. The van der Waals surface area contributed by atoms with Gasteiger partial charge >= 0.3 is 6.03 Å². The van der Waals surface area contributed by atoms with E-state index in [0.29, 0.717) is 37.9 Å².